The molecule has 0 radical (unpaired) electrons. The van der Waals surface area contributed by atoms with E-state index in [4.69, 9.17) is 11.6 Å². The lowest BCUT2D eigenvalue weighted by molar-refractivity contribution is 0.171. The second-order valence-electron chi connectivity index (χ2n) is 3.21. The molecule has 0 heterocycles. The highest BCUT2D eigenvalue weighted by atomic mass is 35.5. The van der Waals surface area contributed by atoms with Crippen LogP contribution >= 0.6 is 11.6 Å². The van der Waals surface area contributed by atoms with E-state index in [9.17, 15) is 4.79 Å². The molecular formula is C11H15ClN2O2. The first kappa shape index (κ1) is 12.6. The van der Waals surface area contributed by atoms with Gasteiger partial charge in [-0.3, -0.25) is 0 Å². The van der Waals surface area contributed by atoms with Crippen LogP contribution in [0.25, 0.3) is 0 Å². The molecule has 1 amide bonds. The molecule has 1 aromatic rings. The zero-order chi connectivity index (χ0) is 11.8. The molecule has 0 aromatic heterocycles. The highest BCUT2D eigenvalue weighted by molar-refractivity contribution is 6.30. The summed E-state index contributed by atoms with van der Waals surface area (Å²) in [6.45, 7) is 1.35. The van der Waals surface area contributed by atoms with Crippen molar-refractivity contribution < 1.29 is 9.53 Å². The van der Waals surface area contributed by atoms with Crippen molar-refractivity contribution in [2.24, 2.45) is 0 Å². The normalized spacial score (nSPS) is 9.62. The van der Waals surface area contributed by atoms with Gasteiger partial charge in [0.1, 0.15) is 0 Å². The van der Waals surface area contributed by atoms with Gasteiger partial charge in [-0.2, -0.15) is 0 Å². The van der Waals surface area contributed by atoms with Crippen molar-refractivity contribution in [3.8, 4) is 0 Å². The lowest BCUT2D eigenvalue weighted by Gasteiger charge is -2.07. The first-order valence-corrected chi connectivity index (χ1v) is 5.41. The van der Waals surface area contributed by atoms with E-state index in [2.05, 4.69) is 15.4 Å². The predicted molar refractivity (Wildman–Crippen MR) is 65.0 cm³/mol. The summed E-state index contributed by atoms with van der Waals surface area (Å²) in [5.74, 6) is 0. The number of methoxy groups -OCH3 is 1. The largest absolute Gasteiger partial charge is 0.453 e. The molecule has 2 N–H and O–H groups in total. The number of nitrogens with one attached hydrogen (secondary N) is 2. The van der Waals surface area contributed by atoms with Gasteiger partial charge in [-0.1, -0.05) is 17.7 Å². The quantitative estimate of drug-likeness (QED) is 0.780. The van der Waals surface area contributed by atoms with E-state index in [1.807, 2.05) is 24.3 Å². The van der Waals surface area contributed by atoms with E-state index in [0.717, 1.165) is 18.7 Å². The van der Waals surface area contributed by atoms with Gasteiger partial charge in [0.05, 0.1) is 7.11 Å². The van der Waals surface area contributed by atoms with Crippen LogP contribution in [0.15, 0.2) is 24.3 Å². The number of halogens is 1. The fourth-order valence-corrected chi connectivity index (χ4v) is 1.37. The molecule has 0 aliphatic carbocycles. The van der Waals surface area contributed by atoms with Crippen molar-refractivity contribution in [1.29, 1.82) is 0 Å². The van der Waals surface area contributed by atoms with Crippen molar-refractivity contribution in [2.75, 3.05) is 25.5 Å². The predicted octanol–water partition coefficient (Wildman–Crippen LogP) is 2.50. The van der Waals surface area contributed by atoms with Gasteiger partial charge in [-0.05, 0) is 24.6 Å². The molecule has 0 fully saturated rings. The number of ether oxygens (including phenoxy) is 1. The lowest BCUT2D eigenvalue weighted by Crippen LogP contribution is -2.25. The summed E-state index contributed by atoms with van der Waals surface area (Å²) in [4.78, 5) is 10.7. The molecule has 0 atom stereocenters. The van der Waals surface area contributed by atoms with Crippen molar-refractivity contribution in [2.45, 2.75) is 6.42 Å². The van der Waals surface area contributed by atoms with E-state index in [-0.39, 0.29) is 0 Å². The zero-order valence-corrected chi connectivity index (χ0v) is 9.88. The van der Waals surface area contributed by atoms with Gasteiger partial charge in [-0.15, -0.1) is 0 Å². The van der Waals surface area contributed by atoms with Crippen LogP contribution in [0.4, 0.5) is 10.5 Å². The Morgan fingerprint density at radius 2 is 2.25 bits per heavy atom. The molecular weight excluding hydrogens is 228 g/mol. The van der Waals surface area contributed by atoms with E-state index >= 15 is 0 Å². The SMILES string of the molecule is COC(=O)NCCCNc1cccc(Cl)c1. The highest BCUT2D eigenvalue weighted by Gasteiger charge is 1.96. The Labute approximate surface area is 99.9 Å². The smallest absolute Gasteiger partial charge is 0.406 e. The van der Waals surface area contributed by atoms with Crippen molar-refractivity contribution in [1.82, 2.24) is 5.32 Å². The van der Waals surface area contributed by atoms with Crippen LogP contribution in [-0.2, 0) is 4.74 Å². The Bertz CT molecular complexity index is 345. The van der Waals surface area contributed by atoms with Crippen LogP contribution in [0.3, 0.4) is 0 Å². The number of carbonyl (C=O) groups excluding carboxylic acids is 1. The maximum Gasteiger partial charge on any atom is 0.406 e. The summed E-state index contributed by atoms with van der Waals surface area (Å²) in [5, 5.41) is 6.51. The molecule has 1 rings (SSSR count). The van der Waals surface area contributed by atoms with Gasteiger partial charge in [0.15, 0.2) is 0 Å². The Hall–Kier alpha value is -1.42. The highest BCUT2D eigenvalue weighted by Crippen LogP contribution is 2.14. The molecule has 0 aliphatic heterocycles. The van der Waals surface area contributed by atoms with Crippen LogP contribution in [0.2, 0.25) is 5.02 Å². The number of hydrogen-bond donors (Lipinski definition) is 2. The molecule has 1 aromatic carbocycles. The van der Waals surface area contributed by atoms with Gasteiger partial charge in [0.2, 0.25) is 0 Å². The van der Waals surface area contributed by atoms with E-state index in [1.165, 1.54) is 7.11 Å². The molecule has 0 bridgehead atoms. The number of anilines is 1. The molecule has 0 aliphatic rings. The van der Waals surface area contributed by atoms with E-state index in [0.29, 0.717) is 11.6 Å². The van der Waals surface area contributed by atoms with Gasteiger partial charge < -0.3 is 15.4 Å². The van der Waals surface area contributed by atoms with Crippen LogP contribution in [0.1, 0.15) is 6.42 Å². The minimum atomic E-state index is -0.400. The van der Waals surface area contributed by atoms with Crippen molar-refractivity contribution >= 4 is 23.4 Å². The third-order valence-corrected chi connectivity index (χ3v) is 2.20. The van der Waals surface area contributed by atoms with E-state index < -0.39 is 6.09 Å². The molecule has 5 heteroatoms. The zero-order valence-electron chi connectivity index (χ0n) is 9.13. The fraction of sp³-hybridized carbons (Fsp3) is 0.364. The number of rotatable bonds is 5. The van der Waals surface area contributed by atoms with Gasteiger partial charge >= 0.3 is 6.09 Å². The van der Waals surface area contributed by atoms with Gasteiger partial charge in [0, 0.05) is 23.8 Å². The average molecular weight is 243 g/mol. The van der Waals surface area contributed by atoms with Gasteiger partial charge in [-0.25, -0.2) is 4.79 Å². The summed E-state index contributed by atoms with van der Waals surface area (Å²) in [5.41, 5.74) is 0.977. The second-order valence-corrected chi connectivity index (χ2v) is 3.65. The van der Waals surface area contributed by atoms with Gasteiger partial charge in [0.25, 0.3) is 0 Å². The monoisotopic (exact) mass is 242 g/mol. The number of carbonyl (C=O) groups is 1. The summed E-state index contributed by atoms with van der Waals surface area (Å²) in [6, 6.07) is 7.51. The summed E-state index contributed by atoms with van der Waals surface area (Å²) >= 11 is 5.83. The van der Waals surface area contributed by atoms with Crippen LogP contribution in [0, 0.1) is 0 Å². The second kappa shape index (κ2) is 6.95. The molecule has 0 saturated heterocycles. The maximum atomic E-state index is 10.7. The third kappa shape index (κ3) is 4.89. The number of hydrogen-bond acceptors (Lipinski definition) is 3. The third-order valence-electron chi connectivity index (χ3n) is 1.96. The topological polar surface area (TPSA) is 50.4 Å². The van der Waals surface area contributed by atoms with Crippen LogP contribution < -0.4 is 10.6 Å². The number of alkyl carbamates (subject to hydrolysis) is 1. The fourth-order valence-electron chi connectivity index (χ4n) is 1.18. The Morgan fingerprint density at radius 3 is 2.94 bits per heavy atom. The minimum absolute atomic E-state index is 0.400. The Balaban J connectivity index is 2.14. The van der Waals surface area contributed by atoms with Crippen LogP contribution in [-0.4, -0.2) is 26.3 Å². The number of amides is 1. The molecule has 4 nitrogen and oxygen atoms in total. The summed E-state index contributed by atoms with van der Waals surface area (Å²) in [7, 11) is 1.35. The first-order valence-electron chi connectivity index (χ1n) is 5.03. The minimum Gasteiger partial charge on any atom is -0.453 e. The van der Waals surface area contributed by atoms with Crippen LogP contribution in [0.5, 0.6) is 0 Å². The molecule has 16 heavy (non-hydrogen) atoms. The summed E-state index contributed by atoms with van der Waals surface area (Å²) in [6.07, 6.45) is 0.421. The maximum absolute atomic E-state index is 10.7. The van der Waals surface area contributed by atoms with Crippen molar-refractivity contribution in [3.63, 3.8) is 0 Å². The number of benzene rings is 1. The molecule has 0 spiro atoms. The Morgan fingerprint density at radius 1 is 1.44 bits per heavy atom. The molecule has 88 valence electrons. The Kier molecular flexibility index (Phi) is 5.50. The lowest BCUT2D eigenvalue weighted by atomic mass is 10.3. The standard InChI is InChI=1S/C11H15ClN2O2/c1-16-11(15)14-7-3-6-13-10-5-2-4-9(12)8-10/h2,4-5,8,13H,3,6-7H2,1H3,(H,14,15). The first-order chi connectivity index (χ1) is 7.72. The average Bonchev–Trinajstić information content (AvgIpc) is 2.28. The molecule has 0 saturated carbocycles. The van der Waals surface area contributed by atoms with E-state index in [1.54, 1.807) is 0 Å². The molecule has 0 unspecified atom stereocenters. The summed E-state index contributed by atoms with van der Waals surface area (Å²) < 4.78 is 4.44. The van der Waals surface area contributed by atoms with Crippen molar-refractivity contribution in [3.05, 3.63) is 29.3 Å².